The Bertz CT molecular complexity index is 611. The van der Waals surface area contributed by atoms with Crippen LogP contribution in [0.1, 0.15) is 23.5 Å². The fourth-order valence-electron chi connectivity index (χ4n) is 2.09. The van der Waals surface area contributed by atoms with E-state index in [0.29, 0.717) is 24.9 Å². The number of aliphatic hydroxyl groups is 1. The number of aliphatic hydroxyl groups excluding tert-OH is 1. The quantitative estimate of drug-likeness (QED) is 0.885. The van der Waals surface area contributed by atoms with E-state index in [1.165, 1.54) is 11.3 Å². The Labute approximate surface area is 130 Å². The molecule has 3 nitrogen and oxygen atoms in total. The Hall–Kier alpha value is -1.04. The standard InChI is InChI=1S/C15H15BrO3S/c1-9-7-18-12-3-2-10(6-13(12)19-8-9)14(17)15-11(16)4-5-20-15/h2-6,9,14,17H,7-8H2,1H3. The van der Waals surface area contributed by atoms with Gasteiger partial charge in [0.25, 0.3) is 0 Å². The Morgan fingerprint density at radius 3 is 2.70 bits per heavy atom. The summed E-state index contributed by atoms with van der Waals surface area (Å²) in [6.07, 6.45) is -0.654. The molecule has 2 heterocycles. The van der Waals surface area contributed by atoms with Crippen LogP contribution in [0.4, 0.5) is 0 Å². The van der Waals surface area contributed by atoms with Crippen LogP contribution in [0.3, 0.4) is 0 Å². The number of fused-ring (bicyclic) bond motifs is 1. The molecule has 2 atom stereocenters. The molecule has 2 aromatic rings. The van der Waals surface area contributed by atoms with Gasteiger partial charge in [-0.1, -0.05) is 13.0 Å². The van der Waals surface area contributed by atoms with E-state index in [0.717, 1.165) is 20.7 Å². The maximum atomic E-state index is 10.5. The second-order valence-electron chi connectivity index (χ2n) is 4.97. The van der Waals surface area contributed by atoms with E-state index in [-0.39, 0.29) is 0 Å². The lowest BCUT2D eigenvalue weighted by atomic mass is 10.1. The summed E-state index contributed by atoms with van der Waals surface area (Å²) in [4.78, 5) is 0.896. The van der Waals surface area contributed by atoms with E-state index in [1.54, 1.807) is 0 Å². The second-order valence-corrected chi connectivity index (χ2v) is 6.77. The van der Waals surface area contributed by atoms with Crippen LogP contribution in [0.2, 0.25) is 0 Å². The highest BCUT2D eigenvalue weighted by Crippen LogP contribution is 2.37. The van der Waals surface area contributed by atoms with Crippen molar-refractivity contribution in [2.75, 3.05) is 13.2 Å². The van der Waals surface area contributed by atoms with Gasteiger partial charge in [-0.15, -0.1) is 11.3 Å². The van der Waals surface area contributed by atoms with Gasteiger partial charge in [0.15, 0.2) is 11.5 Å². The number of benzene rings is 1. The Balaban J connectivity index is 1.91. The summed E-state index contributed by atoms with van der Waals surface area (Å²) >= 11 is 4.98. The zero-order chi connectivity index (χ0) is 14.1. The maximum absolute atomic E-state index is 10.5. The first-order valence-corrected chi connectivity index (χ1v) is 8.13. The SMILES string of the molecule is CC1COc2ccc(C(O)c3sccc3Br)cc2OC1. The zero-order valence-corrected chi connectivity index (χ0v) is 13.4. The maximum Gasteiger partial charge on any atom is 0.161 e. The molecule has 0 bridgehead atoms. The number of ether oxygens (including phenoxy) is 2. The minimum atomic E-state index is -0.654. The van der Waals surface area contributed by atoms with Crippen molar-refractivity contribution in [2.24, 2.45) is 5.92 Å². The van der Waals surface area contributed by atoms with Gasteiger partial charge >= 0.3 is 0 Å². The van der Waals surface area contributed by atoms with E-state index in [4.69, 9.17) is 9.47 Å². The smallest absolute Gasteiger partial charge is 0.161 e. The number of rotatable bonds is 2. The minimum absolute atomic E-state index is 0.363. The van der Waals surface area contributed by atoms with E-state index in [9.17, 15) is 5.11 Å². The predicted molar refractivity (Wildman–Crippen MR) is 82.7 cm³/mol. The van der Waals surface area contributed by atoms with E-state index < -0.39 is 6.10 Å². The van der Waals surface area contributed by atoms with Gasteiger partial charge in [0.2, 0.25) is 0 Å². The molecule has 1 N–H and O–H groups in total. The summed E-state index contributed by atoms with van der Waals surface area (Å²) in [7, 11) is 0. The molecule has 106 valence electrons. The van der Waals surface area contributed by atoms with Gasteiger partial charge in [-0.05, 0) is 45.1 Å². The lowest BCUT2D eigenvalue weighted by Gasteiger charge is -2.13. The molecule has 0 saturated heterocycles. The van der Waals surface area contributed by atoms with Crippen LogP contribution < -0.4 is 9.47 Å². The Kier molecular flexibility index (Phi) is 4.01. The molecule has 0 spiro atoms. The van der Waals surface area contributed by atoms with E-state index >= 15 is 0 Å². The van der Waals surface area contributed by atoms with Crippen LogP contribution in [0, 0.1) is 5.92 Å². The molecular formula is C15H15BrO3S. The van der Waals surface area contributed by atoms with Gasteiger partial charge in [-0.25, -0.2) is 0 Å². The number of hydrogen-bond acceptors (Lipinski definition) is 4. The molecule has 2 unspecified atom stereocenters. The van der Waals surface area contributed by atoms with Gasteiger partial charge in [-0.2, -0.15) is 0 Å². The molecule has 0 amide bonds. The van der Waals surface area contributed by atoms with Crippen molar-refractivity contribution in [3.8, 4) is 11.5 Å². The molecular weight excluding hydrogens is 340 g/mol. The minimum Gasteiger partial charge on any atom is -0.489 e. The van der Waals surface area contributed by atoms with Crippen LogP contribution in [-0.4, -0.2) is 18.3 Å². The molecule has 5 heteroatoms. The van der Waals surface area contributed by atoms with Gasteiger partial charge in [0.05, 0.1) is 18.1 Å². The number of hydrogen-bond donors (Lipinski definition) is 1. The first-order valence-electron chi connectivity index (χ1n) is 6.45. The summed E-state index contributed by atoms with van der Waals surface area (Å²) < 4.78 is 12.4. The van der Waals surface area contributed by atoms with Crippen molar-refractivity contribution in [3.63, 3.8) is 0 Å². The molecule has 0 saturated carbocycles. The van der Waals surface area contributed by atoms with Crippen LogP contribution in [-0.2, 0) is 0 Å². The zero-order valence-electron chi connectivity index (χ0n) is 11.0. The largest absolute Gasteiger partial charge is 0.489 e. The van der Waals surface area contributed by atoms with Crippen LogP contribution in [0.15, 0.2) is 34.1 Å². The van der Waals surface area contributed by atoms with Crippen molar-refractivity contribution in [2.45, 2.75) is 13.0 Å². The number of thiophene rings is 1. The van der Waals surface area contributed by atoms with Crippen LogP contribution in [0.5, 0.6) is 11.5 Å². The third kappa shape index (κ3) is 2.71. The summed E-state index contributed by atoms with van der Waals surface area (Å²) in [5.41, 5.74) is 0.810. The van der Waals surface area contributed by atoms with Crippen molar-refractivity contribution in [1.82, 2.24) is 0 Å². The van der Waals surface area contributed by atoms with E-state index in [1.807, 2.05) is 29.6 Å². The lowest BCUT2D eigenvalue weighted by Crippen LogP contribution is -2.12. The predicted octanol–water partition coefficient (Wildman–Crippen LogP) is 4.00. The molecule has 0 aliphatic carbocycles. The lowest BCUT2D eigenvalue weighted by molar-refractivity contribution is 0.221. The molecule has 3 rings (SSSR count). The van der Waals surface area contributed by atoms with Gasteiger partial charge < -0.3 is 14.6 Å². The average Bonchev–Trinajstić information content (AvgIpc) is 2.79. The van der Waals surface area contributed by atoms with Gasteiger partial charge in [0.1, 0.15) is 6.10 Å². The first kappa shape index (κ1) is 13.9. The van der Waals surface area contributed by atoms with Crippen molar-refractivity contribution < 1.29 is 14.6 Å². The van der Waals surface area contributed by atoms with Crippen LogP contribution >= 0.6 is 27.3 Å². The highest BCUT2D eigenvalue weighted by atomic mass is 79.9. The second kappa shape index (κ2) is 5.76. The number of halogens is 1. The van der Waals surface area contributed by atoms with Crippen LogP contribution in [0.25, 0.3) is 0 Å². The first-order chi connectivity index (χ1) is 9.65. The summed E-state index contributed by atoms with van der Waals surface area (Å²) in [5, 5.41) is 12.4. The molecule has 20 heavy (non-hydrogen) atoms. The topological polar surface area (TPSA) is 38.7 Å². The highest BCUT2D eigenvalue weighted by Gasteiger charge is 2.20. The van der Waals surface area contributed by atoms with Gasteiger partial charge in [0, 0.05) is 10.4 Å². The fraction of sp³-hybridized carbons (Fsp3) is 0.333. The molecule has 1 aliphatic heterocycles. The third-order valence-electron chi connectivity index (χ3n) is 3.22. The third-order valence-corrected chi connectivity index (χ3v) is 5.15. The normalized spacial score (nSPS) is 19.4. The fourth-order valence-corrected chi connectivity index (χ4v) is 3.69. The van der Waals surface area contributed by atoms with Crippen molar-refractivity contribution >= 4 is 27.3 Å². The monoisotopic (exact) mass is 354 g/mol. The van der Waals surface area contributed by atoms with Gasteiger partial charge in [-0.3, -0.25) is 0 Å². The summed E-state index contributed by atoms with van der Waals surface area (Å²) in [5.74, 6) is 1.82. The van der Waals surface area contributed by atoms with Crippen molar-refractivity contribution in [1.29, 1.82) is 0 Å². The van der Waals surface area contributed by atoms with Crippen molar-refractivity contribution in [3.05, 3.63) is 44.6 Å². The molecule has 1 aromatic carbocycles. The summed E-state index contributed by atoms with van der Waals surface area (Å²) in [6.45, 7) is 3.38. The average molecular weight is 355 g/mol. The Morgan fingerprint density at radius 2 is 2.00 bits per heavy atom. The molecule has 0 fully saturated rings. The molecule has 1 aliphatic rings. The molecule has 1 aromatic heterocycles. The highest BCUT2D eigenvalue weighted by molar-refractivity contribution is 9.10. The molecule has 0 radical (unpaired) electrons. The Morgan fingerprint density at radius 1 is 1.25 bits per heavy atom. The summed E-state index contributed by atoms with van der Waals surface area (Å²) in [6, 6.07) is 7.56. The van der Waals surface area contributed by atoms with E-state index in [2.05, 4.69) is 22.9 Å².